The van der Waals surface area contributed by atoms with Crippen molar-refractivity contribution in [3.05, 3.63) is 0 Å². The van der Waals surface area contributed by atoms with Gasteiger partial charge < -0.3 is 18.2 Å². The second-order valence-corrected chi connectivity index (χ2v) is 2.45. The van der Waals surface area contributed by atoms with Crippen LogP contribution in [0.25, 0.3) is 0 Å². The van der Waals surface area contributed by atoms with E-state index in [1.807, 2.05) is 0 Å². The van der Waals surface area contributed by atoms with E-state index in [-0.39, 0.29) is 20.4 Å². The van der Waals surface area contributed by atoms with Gasteiger partial charge in [-0.3, -0.25) is 16.8 Å². The average Bonchev–Trinajstić information content (AvgIpc) is 1.12. The molecule has 0 aromatic carbocycles. The van der Waals surface area contributed by atoms with Crippen LogP contribution in [-0.4, -0.2) is 35.0 Å². The van der Waals surface area contributed by atoms with E-state index < -0.39 is 20.8 Å². The molecular weight excluding hydrogens is 378 g/mol. The van der Waals surface area contributed by atoms with Crippen molar-refractivity contribution in [3.8, 4) is 0 Å². The topological polar surface area (TPSA) is 161 Å². The molecule has 0 saturated heterocycles. The van der Waals surface area contributed by atoms with Gasteiger partial charge in [-0.15, -0.1) is 0 Å². The molecule has 0 N–H and O–H groups in total. The average molecular weight is 378 g/mol. The Balaban J connectivity index is -0.000000107. The van der Waals surface area contributed by atoms with Gasteiger partial charge in [0, 0.05) is 20.8 Å². The van der Waals surface area contributed by atoms with Crippen molar-refractivity contribution in [1.29, 1.82) is 0 Å². The number of hydrogen-bond donors (Lipinski definition) is 0. The maximum atomic E-state index is 8.52. The first-order chi connectivity index (χ1) is 4.00. The maximum absolute atomic E-state index is 8.52. The molecule has 0 fully saturated rings. The van der Waals surface area contributed by atoms with E-state index in [4.69, 9.17) is 35.0 Å². The van der Waals surface area contributed by atoms with Gasteiger partial charge in [-0.05, 0) is 0 Å². The van der Waals surface area contributed by atoms with Crippen molar-refractivity contribution >= 4 is 20.8 Å². The zero-order chi connectivity index (χ0) is 9.00. The molecular formula is O8ReS2. The van der Waals surface area contributed by atoms with E-state index >= 15 is 0 Å². The van der Waals surface area contributed by atoms with Gasteiger partial charge in [0.1, 0.15) is 0 Å². The molecule has 0 unspecified atom stereocenters. The van der Waals surface area contributed by atoms with Gasteiger partial charge in [0.2, 0.25) is 0 Å². The Hall–Kier alpha value is 0.402. The number of rotatable bonds is 0. The standard InChI is InChI=1S/2H2O4S.Re/c2*1-5(2,3)4;/h2*(H2,1,2,3,4);/q;;+4/p-4. The fraction of sp³-hybridized carbons (Fsp3) is 0. The zero-order valence-corrected chi connectivity index (χ0v) is 8.81. The van der Waals surface area contributed by atoms with Crippen LogP contribution < -0.4 is 0 Å². The first-order valence-corrected chi connectivity index (χ1v) is 4.00. The van der Waals surface area contributed by atoms with E-state index in [1.165, 1.54) is 0 Å². The van der Waals surface area contributed by atoms with Gasteiger partial charge in [0.25, 0.3) is 0 Å². The summed E-state index contributed by atoms with van der Waals surface area (Å²) in [4.78, 5) is 0. The van der Waals surface area contributed by atoms with Crippen LogP contribution in [-0.2, 0) is 41.2 Å². The minimum absolute atomic E-state index is 0. The Kier molecular flexibility index (Phi) is 9.50. The Morgan fingerprint density at radius 3 is 0.636 bits per heavy atom. The molecule has 8 nitrogen and oxygen atoms in total. The molecule has 11 heteroatoms. The van der Waals surface area contributed by atoms with Crippen LogP contribution in [0.1, 0.15) is 0 Å². The minimum atomic E-state index is -5.17. The summed E-state index contributed by atoms with van der Waals surface area (Å²) in [5.41, 5.74) is 0. The molecule has 0 aliphatic rings. The molecule has 0 heterocycles. The molecule has 0 aliphatic carbocycles. The molecule has 0 saturated carbocycles. The molecule has 11 heavy (non-hydrogen) atoms. The number of hydrogen-bond acceptors (Lipinski definition) is 8. The third-order valence-corrected chi connectivity index (χ3v) is 0. The van der Waals surface area contributed by atoms with Crippen LogP contribution in [0.3, 0.4) is 0 Å². The van der Waals surface area contributed by atoms with E-state index in [1.54, 1.807) is 0 Å². The summed E-state index contributed by atoms with van der Waals surface area (Å²) >= 11 is 0. The predicted molar refractivity (Wildman–Crippen MR) is 20.9 cm³/mol. The molecule has 0 aliphatic heterocycles. The third-order valence-electron chi connectivity index (χ3n) is 0. The maximum Gasteiger partial charge on any atom is 4.00 e. The van der Waals surface area contributed by atoms with Gasteiger partial charge >= 0.3 is 20.4 Å². The molecule has 0 rings (SSSR count). The van der Waals surface area contributed by atoms with E-state index in [2.05, 4.69) is 0 Å². The van der Waals surface area contributed by atoms with Crippen molar-refractivity contribution in [2.45, 2.75) is 0 Å². The summed E-state index contributed by atoms with van der Waals surface area (Å²) in [5.74, 6) is 0. The molecule has 0 aromatic rings. The van der Waals surface area contributed by atoms with E-state index in [0.717, 1.165) is 0 Å². The normalized spacial score (nSPS) is 10.5. The molecule has 0 bridgehead atoms. The van der Waals surface area contributed by atoms with Crippen LogP contribution in [0.5, 0.6) is 0 Å². The molecule has 0 amide bonds. The fourth-order valence-electron chi connectivity index (χ4n) is 0. The van der Waals surface area contributed by atoms with E-state index in [0.29, 0.717) is 0 Å². The summed E-state index contributed by atoms with van der Waals surface area (Å²) in [6.45, 7) is 0. The molecule has 0 aromatic heterocycles. The first kappa shape index (κ1) is 17.5. The third kappa shape index (κ3) is 4540. The van der Waals surface area contributed by atoms with Crippen molar-refractivity contribution in [2.75, 3.05) is 0 Å². The van der Waals surface area contributed by atoms with Crippen molar-refractivity contribution in [1.82, 2.24) is 0 Å². The molecule has 67 valence electrons. The van der Waals surface area contributed by atoms with Crippen molar-refractivity contribution in [2.24, 2.45) is 0 Å². The Labute approximate surface area is 76.4 Å². The second kappa shape index (κ2) is 5.98. The summed E-state index contributed by atoms with van der Waals surface area (Å²) < 4.78 is 68.2. The van der Waals surface area contributed by atoms with Crippen LogP contribution >= 0.6 is 0 Å². The van der Waals surface area contributed by atoms with Crippen LogP contribution in [0.15, 0.2) is 0 Å². The largest absolute Gasteiger partial charge is 4.00 e. The molecule has 0 atom stereocenters. The first-order valence-electron chi connectivity index (χ1n) is 1.33. The van der Waals surface area contributed by atoms with Gasteiger partial charge in [0.05, 0.1) is 0 Å². The molecule has 1 radical (unpaired) electrons. The van der Waals surface area contributed by atoms with E-state index in [9.17, 15) is 0 Å². The Bertz CT molecular complexity index is 208. The van der Waals surface area contributed by atoms with Crippen LogP contribution in [0.4, 0.5) is 0 Å². The van der Waals surface area contributed by atoms with Crippen molar-refractivity contribution < 1.29 is 55.5 Å². The van der Waals surface area contributed by atoms with Gasteiger partial charge in [0.15, 0.2) is 0 Å². The van der Waals surface area contributed by atoms with Crippen LogP contribution in [0.2, 0.25) is 0 Å². The monoisotopic (exact) mass is 379 g/mol. The Morgan fingerprint density at radius 2 is 0.636 bits per heavy atom. The minimum Gasteiger partial charge on any atom is -0.759 e. The summed E-state index contributed by atoms with van der Waals surface area (Å²) in [7, 11) is -10.3. The zero-order valence-electron chi connectivity index (χ0n) is 4.46. The predicted octanol–water partition coefficient (Wildman–Crippen LogP) is -2.68. The summed E-state index contributed by atoms with van der Waals surface area (Å²) in [6, 6.07) is 0. The molecule has 0 spiro atoms. The second-order valence-electron chi connectivity index (χ2n) is 0.816. The van der Waals surface area contributed by atoms with Gasteiger partial charge in [-0.25, -0.2) is 0 Å². The summed E-state index contributed by atoms with van der Waals surface area (Å²) in [5, 5.41) is 0. The van der Waals surface area contributed by atoms with Gasteiger partial charge in [-0.2, -0.15) is 0 Å². The van der Waals surface area contributed by atoms with Crippen molar-refractivity contribution in [3.63, 3.8) is 0 Å². The fourth-order valence-corrected chi connectivity index (χ4v) is 0. The smallest absolute Gasteiger partial charge is 0.759 e. The summed E-state index contributed by atoms with van der Waals surface area (Å²) in [6.07, 6.45) is 0. The van der Waals surface area contributed by atoms with Crippen LogP contribution in [0, 0.1) is 0 Å². The quantitative estimate of drug-likeness (QED) is 0.325. The van der Waals surface area contributed by atoms with Gasteiger partial charge in [-0.1, -0.05) is 0 Å². The SMILES string of the molecule is O=S(=O)([O-])[O-].O=S(=O)([O-])[O-].[Re+4]. The Morgan fingerprint density at radius 1 is 0.636 bits per heavy atom.